The lowest BCUT2D eigenvalue weighted by Gasteiger charge is -2.04. The maximum absolute atomic E-state index is 12.9. The van der Waals surface area contributed by atoms with Gasteiger partial charge in [-0.1, -0.05) is 11.3 Å². The molecule has 0 spiro atoms. The monoisotopic (exact) mass is 456 g/mol. The highest BCUT2D eigenvalue weighted by Crippen LogP contribution is 2.28. The van der Waals surface area contributed by atoms with Crippen molar-refractivity contribution in [2.75, 3.05) is 17.3 Å². The van der Waals surface area contributed by atoms with Gasteiger partial charge in [-0.15, -0.1) is 0 Å². The van der Waals surface area contributed by atoms with Crippen molar-refractivity contribution in [3.8, 4) is 0 Å². The summed E-state index contributed by atoms with van der Waals surface area (Å²) in [7, 11) is -6.95. The third-order valence-electron chi connectivity index (χ3n) is 4.02. The predicted octanol–water partition coefficient (Wildman–Crippen LogP) is 3.03. The summed E-state index contributed by atoms with van der Waals surface area (Å²) >= 11 is 1.13. The SMILES string of the molecule is CS(=O)(=O)c1ccc2nc(NC(=O)CCCS(=O)(=O)c3ccc(F)cc3)sc2c1. The number of nitrogens with one attached hydrogen (secondary N) is 1. The van der Waals surface area contributed by atoms with E-state index in [0.29, 0.717) is 15.3 Å². The zero-order valence-electron chi connectivity index (χ0n) is 15.3. The average Bonchev–Trinajstić information content (AvgIpc) is 3.02. The number of rotatable bonds is 7. The molecular weight excluding hydrogens is 439 g/mol. The molecule has 1 N–H and O–H groups in total. The summed E-state index contributed by atoms with van der Waals surface area (Å²) in [6, 6.07) is 9.03. The van der Waals surface area contributed by atoms with Crippen molar-refractivity contribution < 1.29 is 26.0 Å². The molecule has 0 atom stereocenters. The van der Waals surface area contributed by atoms with Gasteiger partial charge in [0, 0.05) is 12.7 Å². The van der Waals surface area contributed by atoms with Crippen LogP contribution in [0.15, 0.2) is 52.3 Å². The van der Waals surface area contributed by atoms with Crippen LogP contribution in [0.3, 0.4) is 0 Å². The zero-order chi connectivity index (χ0) is 21.2. The zero-order valence-corrected chi connectivity index (χ0v) is 17.7. The van der Waals surface area contributed by atoms with E-state index < -0.39 is 31.4 Å². The second kappa shape index (κ2) is 8.17. The fourth-order valence-electron chi connectivity index (χ4n) is 2.55. The molecule has 11 heteroatoms. The summed E-state index contributed by atoms with van der Waals surface area (Å²) in [5, 5.41) is 2.90. The van der Waals surface area contributed by atoms with Gasteiger partial charge in [0.2, 0.25) is 5.91 Å². The maximum atomic E-state index is 12.9. The van der Waals surface area contributed by atoms with Crippen molar-refractivity contribution in [2.24, 2.45) is 0 Å². The molecule has 0 fully saturated rings. The number of benzene rings is 2. The number of carbonyl (C=O) groups excluding carboxylic acids is 1. The molecule has 154 valence electrons. The van der Waals surface area contributed by atoms with Crippen LogP contribution >= 0.6 is 11.3 Å². The molecule has 7 nitrogen and oxygen atoms in total. The van der Waals surface area contributed by atoms with Crippen LogP contribution in [0.2, 0.25) is 0 Å². The van der Waals surface area contributed by atoms with Gasteiger partial charge in [0.1, 0.15) is 5.82 Å². The lowest BCUT2D eigenvalue weighted by atomic mass is 10.3. The van der Waals surface area contributed by atoms with Gasteiger partial charge in [-0.3, -0.25) is 4.79 Å². The third kappa shape index (κ3) is 5.37. The molecule has 1 aromatic heterocycles. The molecule has 3 rings (SSSR count). The molecule has 2 aromatic carbocycles. The molecule has 0 bridgehead atoms. The summed E-state index contributed by atoms with van der Waals surface area (Å²) in [5.74, 6) is -1.17. The second-order valence-electron chi connectivity index (χ2n) is 6.35. The number of fused-ring (bicyclic) bond motifs is 1. The number of anilines is 1. The molecule has 0 unspecified atom stereocenters. The van der Waals surface area contributed by atoms with E-state index >= 15 is 0 Å². The number of halogens is 1. The fraction of sp³-hybridized carbons (Fsp3) is 0.222. The van der Waals surface area contributed by atoms with Crippen LogP contribution in [0.4, 0.5) is 9.52 Å². The highest BCUT2D eigenvalue weighted by atomic mass is 32.2. The van der Waals surface area contributed by atoms with Crippen LogP contribution in [0, 0.1) is 5.82 Å². The lowest BCUT2D eigenvalue weighted by molar-refractivity contribution is -0.116. The smallest absolute Gasteiger partial charge is 0.226 e. The van der Waals surface area contributed by atoms with Gasteiger partial charge in [0.25, 0.3) is 0 Å². The van der Waals surface area contributed by atoms with Gasteiger partial charge >= 0.3 is 0 Å². The van der Waals surface area contributed by atoms with Crippen LogP contribution in [0.5, 0.6) is 0 Å². The first kappa shape index (κ1) is 21.3. The minimum atomic E-state index is -3.60. The van der Waals surface area contributed by atoms with Gasteiger partial charge in [0.15, 0.2) is 24.8 Å². The Morgan fingerprint density at radius 2 is 1.72 bits per heavy atom. The molecule has 0 saturated carbocycles. The first-order valence-electron chi connectivity index (χ1n) is 8.43. The van der Waals surface area contributed by atoms with Crippen molar-refractivity contribution in [1.29, 1.82) is 0 Å². The van der Waals surface area contributed by atoms with Crippen molar-refractivity contribution in [2.45, 2.75) is 22.6 Å². The first-order chi connectivity index (χ1) is 13.5. The van der Waals surface area contributed by atoms with Gasteiger partial charge in [-0.25, -0.2) is 26.2 Å². The molecule has 0 saturated heterocycles. The van der Waals surface area contributed by atoms with E-state index in [1.165, 1.54) is 24.3 Å². The standard InChI is InChI=1S/C18H17FN2O5S3/c1-28(23,24)14-8-9-15-16(11-14)27-18(20-15)21-17(22)3-2-10-29(25,26)13-6-4-12(19)5-7-13/h4-9,11H,2-3,10H2,1H3,(H,20,21,22). The fourth-order valence-corrected chi connectivity index (χ4v) is 5.51. The van der Waals surface area contributed by atoms with E-state index in [1.54, 1.807) is 6.07 Å². The van der Waals surface area contributed by atoms with Crippen molar-refractivity contribution in [3.63, 3.8) is 0 Å². The Balaban J connectivity index is 1.60. The Kier molecular flexibility index (Phi) is 6.01. The molecule has 29 heavy (non-hydrogen) atoms. The first-order valence-corrected chi connectivity index (χ1v) is 12.8. The minimum Gasteiger partial charge on any atom is -0.302 e. The van der Waals surface area contributed by atoms with E-state index in [0.717, 1.165) is 29.7 Å². The molecular formula is C18H17FN2O5S3. The summed E-state index contributed by atoms with van der Waals surface area (Å²) in [6.45, 7) is 0. The van der Waals surface area contributed by atoms with Crippen LogP contribution in [0.1, 0.15) is 12.8 Å². The highest BCUT2D eigenvalue weighted by molar-refractivity contribution is 7.91. The summed E-state index contributed by atoms with van der Waals surface area (Å²) < 4.78 is 61.2. The van der Waals surface area contributed by atoms with Crippen molar-refractivity contribution in [3.05, 3.63) is 48.3 Å². The number of amides is 1. The Labute approximate surface area is 171 Å². The number of hydrogen-bond donors (Lipinski definition) is 1. The average molecular weight is 457 g/mol. The summed E-state index contributed by atoms with van der Waals surface area (Å²) in [5.41, 5.74) is 0.552. The molecule has 1 amide bonds. The summed E-state index contributed by atoms with van der Waals surface area (Å²) in [4.78, 5) is 16.5. The summed E-state index contributed by atoms with van der Waals surface area (Å²) in [6.07, 6.45) is 1.16. The third-order valence-corrected chi connectivity index (χ3v) is 7.88. The van der Waals surface area contributed by atoms with Gasteiger partial charge < -0.3 is 5.32 Å². The van der Waals surface area contributed by atoms with Gasteiger partial charge in [-0.05, 0) is 48.9 Å². The molecule has 3 aromatic rings. The Bertz CT molecular complexity index is 1270. The van der Waals surface area contributed by atoms with Crippen LogP contribution in [-0.2, 0) is 24.5 Å². The van der Waals surface area contributed by atoms with Crippen LogP contribution in [-0.4, -0.2) is 39.7 Å². The van der Waals surface area contributed by atoms with Crippen LogP contribution < -0.4 is 5.32 Å². The van der Waals surface area contributed by atoms with Gasteiger partial charge in [-0.2, -0.15) is 0 Å². The Hall–Kier alpha value is -2.37. The quantitative estimate of drug-likeness (QED) is 0.547. The van der Waals surface area contributed by atoms with E-state index in [1.807, 2.05) is 0 Å². The van der Waals surface area contributed by atoms with Crippen molar-refractivity contribution in [1.82, 2.24) is 4.98 Å². The number of sulfone groups is 2. The number of aromatic nitrogens is 1. The minimum absolute atomic E-state index is 0.00663. The topological polar surface area (TPSA) is 110 Å². The number of thiazole rings is 1. The Morgan fingerprint density at radius 1 is 1.07 bits per heavy atom. The van der Waals surface area contributed by atoms with E-state index in [9.17, 15) is 26.0 Å². The molecule has 0 aliphatic rings. The number of nitrogens with zero attached hydrogens (tertiary/aromatic N) is 1. The van der Waals surface area contributed by atoms with Crippen molar-refractivity contribution >= 4 is 52.3 Å². The normalized spacial score (nSPS) is 12.2. The Morgan fingerprint density at radius 3 is 2.38 bits per heavy atom. The second-order valence-corrected chi connectivity index (χ2v) is 11.5. The van der Waals surface area contributed by atoms with E-state index in [4.69, 9.17) is 0 Å². The molecule has 1 heterocycles. The highest BCUT2D eigenvalue weighted by Gasteiger charge is 2.16. The molecule has 0 aliphatic carbocycles. The van der Waals surface area contributed by atoms with E-state index in [-0.39, 0.29) is 28.4 Å². The predicted molar refractivity (Wildman–Crippen MR) is 109 cm³/mol. The number of carbonyl (C=O) groups is 1. The van der Waals surface area contributed by atoms with Gasteiger partial charge in [0.05, 0.1) is 25.8 Å². The molecule has 0 aliphatic heterocycles. The van der Waals surface area contributed by atoms with Crippen LogP contribution in [0.25, 0.3) is 10.2 Å². The van der Waals surface area contributed by atoms with E-state index in [2.05, 4.69) is 10.3 Å². The lowest BCUT2D eigenvalue weighted by Crippen LogP contribution is -2.14. The maximum Gasteiger partial charge on any atom is 0.226 e. The largest absolute Gasteiger partial charge is 0.302 e. The molecule has 0 radical (unpaired) electrons. The number of hydrogen-bond acceptors (Lipinski definition) is 7.